The standard InChI is InChI=1S/C20H29NO4/c1-15-8-6-11-18(16(15)2)21-19(22)14-25-20(23)12-7-13-24-17-9-4-3-5-10-17/h3-5,9-10,15-16,18H,6-8,11-14H2,1-2H3,(H,21,22)/t15-,16-,18-/m1/s1. The lowest BCUT2D eigenvalue weighted by molar-refractivity contribution is -0.149. The number of benzene rings is 1. The van der Waals surface area contributed by atoms with Crippen LogP contribution in [0.3, 0.4) is 0 Å². The molecule has 2 rings (SSSR count). The van der Waals surface area contributed by atoms with E-state index in [4.69, 9.17) is 9.47 Å². The van der Waals surface area contributed by atoms with Crippen molar-refractivity contribution >= 4 is 11.9 Å². The second kappa shape index (κ2) is 10.1. The highest BCUT2D eigenvalue weighted by Gasteiger charge is 2.28. The van der Waals surface area contributed by atoms with E-state index in [1.54, 1.807) is 0 Å². The van der Waals surface area contributed by atoms with Gasteiger partial charge in [0.2, 0.25) is 0 Å². The van der Waals surface area contributed by atoms with Crippen LogP contribution < -0.4 is 10.1 Å². The molecule has 1 saturated carbocycles. The summed E-state index contributed by atoms with van der Waals surface area (Å²) in [6, 6.07) is 9.65. The van der Waals surface area contributed by atoms with E-state index in [1.807, 2.05) is 30.3 Å². The number of hydrogen-bond donors (Lipinski definition) is 1. The van der Waals surface area contributed by atoms with E-state index in [1.165, 1.54) is 6.42 Å². The molecule has 3 atom stereocenters. The van der Waals surface area contributed by atoms with Crippen LogP contribution in [0.5, 0.6) is 5.75 Å². The first kappa shape index (κ1) is 19.3. The topological polar surface area (TPSA) is 64.6 Å². The highest BCUT2D eigenvalue weighted by Crippen LogP contribution is 2.29. The molecule has 0 spiro atoms. The Bertz CT molecular complexity index is 546. The SMILES string of the molecule is C[C@@H]1[C@H](C)CCC[C@H]1NC(=O)COC(=O)CCCOc1ccccc1. The molecule has 1 N–H and O–H groups in total. The molecule has 0 radical (unpaired) electrons. The van der Waals surface area contributed by atoms with Crippen LogP contribution in [0.15, 0.2) is 30.3 Å². The predicted molar refractivity (Wildman–Crippen MR) is 96.2 cm³/mol. The molecule has 0 saturated heterocycles. The predicted octanol–water partition coefficient (Wildman–Crippen LogP) is 3.33. The number of rotatable bonds is 8. The van der Waals surface area contributed by atoms with Crippen LogP contribution in [0.1, 0.15) is 46.0 Å². The summed E-state index contributed by atoms with van der Waals surface area (Å²) in [6.07, 6.45) is 4.16. The molecule has 0 unspecified atom stereocenters. The maximum Gasteiger partial charge on any atom is 0.306 e. The van der Waals surface area contributed by atoms with Crippen LogP contribution in [0, 0.1) is 11.8 Å². The molecule has 1 aromatic rings. The van der Waals surface area contributed by atoms with Crippen molar-refractivity contribution in [1.29, 1.82) is 0 Å². The summed E-state index contributed by atoms with van der Waals surface area (Å²) < 4.78 is 10.6. The van der Waals surface area contributed by atoms with E-state index in [-0.39, 0.29) is 30.9 Å². The number of esters is 1. The largest absolute Gasteiger partial charge is 0.494 e. The lowest BCUT2D eigenvalue weighted by Crippen LogP contribution is -2.45. The molecular weight excluding hydrogens is 318 g/mol. The van der Waals surface area contributed by atoms with E-state index in [2.05, 4.69) is 19.2 Å². The maximum absolute atomic E-state index is 12.0. The summed E-state index contributed by atoms with van der Waals surface area (Å²) in [6.45, 7) is 4.65. The fraction of sp³-hybridized carbons (Fsp3) is 0.600. The van der Waals surface area contributed by atoms with Gasteiger partial charge in [0.25, 0.3) is 5.91 Å². The molecule has 1 aliphatic rings. The smallest absolute Gasteiger partial charge is 0.306 e. The van der Waals surface area contributed by atoms with Crippen LogP contribution in [0.25, 0.3) is 0 Å². The molecule has 0 aromatic heterocycles. The fourth-order valence-electron chi connectivity index (χ4n) is 3.18. The summed E-state index contributed by atoms with van der Waals surface area (Å²) in [4.78, 5) is 23.7. The number of hydrogen-bond acceptors (Lipinski definition) is 4. The van der Waals surface area contributed by atoms with E-state index in [0.29, 0.717) is 24.9 Å². The zero-order valence-electron chi connectivity index (χ0n) is 15.2. The van der Waals surface area contributed by atoms with Gasteiger partial charge in [0, 0.05) is 12.5 Å². The molecule has 138 valence electrons. The van der Waals surface area contributed by atoms with Crippen LogP contribution in [-0.2, 0) is 14.3 Å². The van der Waals surface area contributed by atoms with Crippen LogP contribution in [0.2, 0.25) is 0 Å². The van der Waals surface area contributed by atoms with Crippen LogP contribution in [0.4, 0.5) is 0 Å². The first-order valence-electron chi connectivity index (χ1n) is 9.19. The third-order valence-corrected chi connectivity index (χ3v) is 4.95. The minimum absolute atomic E-state index is 0.189. The number of carbonyl (C=O) groups is 2. The van der Waals surface area contributed by atoms with Crippen molar-refractivity contribution in [2.24, 2.45) is 11.8 Å². The van der Waals surface area contributed by atoms with Crippen molar-refractivity contribution in [1.82, 2.24) is 5.32 Å². The van der Waals surface area contributed by atoms with Crippen molar-refractivity contribution in [2.75, 3.05) is 13.2 Å². The number of para-hydroxylation sites is 1. The normalized spacial score (nSPS) is 22.9. The first-order valence-corrected chi connectivity index (χ1v) is 9.19. The molecule has 0 bridgehead atoms. The Labute approximate surface area is 150 Å². The summed E-state index contributed by atoms with van der Waals surface area (Å²) in [5, 5.41) is 3.00. The Morgan fingerprint density at radius 1 is 1.16 bits per heavy atom. The molecular formula is C20H29NO4. The number of nitrogens with one attached hydrogen (secondary N) is 1. The van der Waals surface area contributed by atoms with Gasteiger partial charge in [-0.05, 0) is 36.8 Å². The zero-order chi connectivity index (χ0) is 18.1. The van der Waals surface area contributed by atoms with Crippen molar-refractivity contribution in [3.63, 3.8) is 0 Å². The lowest BCUT2D eigenvalue weighted by atomic mass is 9.78. The van der Waals surface area contributed by atoms with Gasteiger partial charge in [0.1, 0.15) is 5.75 Å². The van der Waals surface area contributed by atoms with E-state index >= 15 is 0 Å². The molecule has 1 amide bonds. The number of carbonyl (C=O) groups excluding carboxylic acids is 2. The minimum atomic E-state index is -0.364. The highest BCUT2D eigenvalue weighted by molar-refractivity contribution is 5.80. The fourth-order valence-corrected chi connectivity index (χ4v) is 3.18. The third-order valence-electron chi connectivity index (χ3n) is 4.95. The van der Waals surface area contributed by atoms with Crippen molar-refractivity contribution in [3.8, 4) is 5.75 Å². The van der Waals surface area contributed by atoms with Gasteiger partial charge in [-0.3, -0.25) is 9.59 Å². The first-order chi connectivity index (χ1) is 12.1. The van der Waals surface area contributed by atoms with Crippen LogP contribution in [-0.4, -0.2) is 31.1 Å². The van der Waals surface area contributed by atoms with Crippen molar-refractivity contribution < 1.29 is 19.1 Å². The Morgan fingerprint density at radius 2 is 1.92 bits per heavy atom. The average molecular weight is 347 g/mol. The van der Waals surface area contributed by atoms with Gasteiger partial charge in [0.15, 0.2) is 6.61 Å². The minimum Gasteiger partial charge on any atom is -0.494 e. The second-order valence-electron chi connectivity index (χ2n) is 6.87. The van der Waals surface area contributed by atoms with Gasteiger partial charge in [0.05, 0.1) is 6.61 Å². The van der Waals surface area contributed by atoms with Gasteiger partial charge in [-0.1, -0.05) is 44.9 Å². The molecule has 1 aliphatic carbocycles. The van der Waals surface area contributed by atoms with Gasteiger partial charge in [-0.2, -0.15) is 0 Å². The molecule has 0 aliphatic heterocycles. The van der Waals surface area contributed by atoms with E-state index < -0.39 is 0 Å². The summed E-state index contributed by atoms with van der Waals surface area (Å²) in [5.41, 5.74) is 0. The van der Waals surface area contributed by atoms with Gasteiger partial charge >= 0.3 is 5.97 Å². The van der Waals surface area contributed by atoms with Crippen molar-refractivity contribution in [3.05, 3.63) is 30.3 Å². The lowest BCUT2D eigenvalue weighted by Gasteiger charge is -2.34. The van der Waals surface area contributed by atoms with Crippen LogP contribution >= 0.6 is 0 Å². The molecule has 5 nitrogen and oxygen atoms in total. The number of ether oxygens (including phenoxy) is 2. The highest BCUT2D eigenvalue weighted by atomic mass is 16.5. The monoisotopic (exact) mass is 347 g/mol. The van der Waals surface area contributed by atoms with Gasteiger partial charge < -0.3 is 14.8 Å². The second-order valence-corrected chi connectivity index (χ2v) is 6.87. The summed E-state index contributed by atoms with van der Waals surface area (Å²) in [5.74, 6) is 1.29. The quantitative estimate of drug-likeness (QED) is 0.579. The molecule has 5 heteroatoms. The number of amides is 1. The Morgan fingerprint density at radius 3 is 2.68 bits per heavy atom. The average Bonchev–Trinajstić information content (AvgIpc) is 2.62. The Hall–Kier alpha value is -2.04. The Kier molecular flexibility index (Phi) is 7.76. The van der Waals surface area contributed by atoms with Gasteiger partial charge in [-0.25, -0.2) is 0 Å². The Balaban J connectivity index is 1.57. The van der Waals surface area contributed by atoms with E-state index in [9.17, 15) is 9.59 Å². The molecule has 25 heavy (non-hydrogen) atoms. The summed E-state index contributed by atoms with van der Waals surface area (Å²) >= 11 is 0. The molecule has 1 aromatic carbocycles. The molecule has 1 fully saturated rings. The van der Waals surface area contributed by atoms with Gasteiger partial charge in [-0.15, -0.1) is 0 Å². The van der Waals surface area contributed by atoms with E-state index in [0.717, 1.165) is 18.6 Å². The van der Waals surface area contributed by atoms with Crippen molar-refractivity contribution in [2.45, 2.75) is 52.0 Å². The zero-order valence-corrected chi connectivity index (χ0v) is 15.2. The summed E-state index contributed by atoms with van der Waals surface area (Å²) in [7, 11) is 0. The maximum atomic E-state index is 12.0. The third kappa shape index (κ3) is 6.77. The molecule has 0 heterocycles.